The molecular formula is C27H28N6O3. The minimum Gasteiger partial charge on any atom is -0.454 e. The summed E-state index contributed by atoms with van der Waals surface area (Å²) in [6.07, 6.45) is 6.64. The Morgan fingerprint density at radius 1 is 1.00 bits per heavy atom. The van der Waals surface area contributed by atoms with Crippen molar-refractivity contribution in [2.24, 2.45) is 0 Å². The van der Waals surface area contributed by atoms with Crippen molar-refractivity contribution in [1.29, 1.82) is 0 Å². The second-order valence-electron chi connectivity index (χ2n) is 10.0. The lowest BCUT2D eigenvalue weighted by Gasteiger charge is -2.35. The molecule has 0 bridgehead atoms. The molecule has 184 valence electrons. The molecule has 2 aromatic carbocycles. The van der Waals surface area contributed by atoms with Gasteiger partial charge in [-0.25, -0.2) is 4.68 Å². The summed E-state index contributed by atoms with van der Waals surface area (Å²) in [5.74, 6) is 2.08. The van der Waals surface area contributed by atoms with Crippen LogP contribution < -0.4 is 15.0 Å². The molecule has 0 spiro atoms. The quantitative estimate of drug-likeness (QED) is 0.469. The van der Waals surface area contributed by atoms with Gasteiger partial charge in [-0.1, -0.05) is 43.5 Å². The maximum Gasteiger partial charge on any atom is 0.253 e. The topological polar surface area (TPSA) is 98.2 Å². The minimum atomic E-state index is -0.367. The Labute approximate surface area is 208 Å². The van der Waals surface area contributed by atoms with Crippen molar-refractivity contribution in [3.05, 3.63) is 75.3 Å². The van der Waals surface area contributed by atoms with Crippen LogP contribution in [0.4, 0.5) is 0 Å². The van der Waals surface area contributed by atoms with Crippen LogP contribution in [0.1, 0.15) is 66.7 Å². The molecule has 9 heteroatoms. The van der Waals surface area contributed by atoms with Gasteiger partial charge in [0, 0.05) is 30.1 Å². The molecule has 1 fully saturated rings. The van der Waals surface area contributed by atoms with E-state index in [-0.39, 0.29) is 24.4 Å². The fourth-order valence-electron chi connectivity index (χ4n) is 6.02. The molecule has 3 aliphatic rings. The van der Waals surface area contributed by atoms with Crippen LogP contribution in [-0.2, 0) is 13.0 Å². The van der Waals surface area contributed by atoms with Crippen LogP contribution >= 0.6 is 0 Å². The van der Waals surface area contributed by atoms with Crippen molar-refractivity contribution >= 4 is 10.9 Å². The second-order valence-corrected chi connectivity index (χ2v) is 10.0. The average Bonchev–Trinajstić information content (AvgIpc) is 3.58. The molecule has 2 aromatic heterocycles. The third kappa shape index (κ3) is 3.65. The molecule has 7 rings (SSSR count). The molecule has 4 aromatic rings. The first-order chi connectivity index (χ1) is 17.7. The smallest absolute Gasteiger partial charge is 0.253 e. The van der Waals surface area contributed by atoms with Crippen molar-refractivity contribution in [3.63, 3.8) is 0 Å². The van der Waals surface area contributed by atoms with Crippen molar-refractivity contribution in [2.75, 3.05) is 13.3 Å². The van der Waals surface area contributed by atoms with E-state index < -0.39 is 0 Å². The number of rotatable bonds is 4. The van der Waals surface area contributed by atoms with Crippen LogP contribution in [0.25, 0.3) is 10.9 Å². The molecule has 1 N–H and O–H groups in total. The fraction of sp³-hybridized carbons (Fsp3) is 0.407. The number of aromatic amines is 1. The number of fused-ring (bicyclic) bond motifs is 3. The number of benzene rings is 2. The predicted octanol–water partition coefficient (Wildman–Crippen LogP) is 3.90. The highest BCUT2D eigenvalue weighted by molar-refractivity contribution is 5.83. The molecule has 0 radical (unpaired) electrons. The highest BCUT2D eigenvalue weighted by Crippen LogP contribution is 2.38. The van der Waals surface area contributed by atoms with Gasteiger partial charge in [0.2, 0.25) is 6.79 Å². The van der Waals surface area contributed by atoms with Gasteiger partial charge in [-0.15, -0.1) is 5.10 Å². The molecule has 9 nitrogen and oxygen atoms in total. The maximum absolute atomic E-state index is 13.6. The summed E-state index contributed by atoms with van der Waals surface area (Å²) < 4.78 is 13.1. The standard InChI is InChI=1S/C27H28N6O3/c34-27-21(12-19-13-23-24(36-16-35-23)14-22(19)28-27)25(32-11-10-17-6-4-5-7-18(17)15-32)26-29-30-31-33(26)20-8-2-1-3-9-20/h4-7,12-14,20,25H,1-3,8-11,15-16H2,(H,28,34)/t25-/m0/s1. The van der Waals surface area contributed by atoms with Crippen LogP contribution in [0.3, 0.4) is 0 Å². The zero-order valence-corrected chi connectivity index (χ0v) is 20.0. The first-order valence-corrected chi connectivity index (χ1v) is 12.8. The second kappa shape index (κ2) is 8.74. The Hall–Kier alpha value is -3.72. The summed E-state index contributed by atoms with van der Waals surface area (Å²) in [6, 6.07) is 14.2. The predicted molar refractivity (Wildman–Crippen MR) is 133 cm³/mol. The van der Waals surface area contributed by atoms with Crippen molar-refractivity contribution < 1.29 is 9.47 Å². The fourth-order valence-corrected chi connectivity index (χ4v) is 6.02. The average molecular weight is 485 g/mol. The molecule has 0 saturated heterocycles. The number of pyridine rings is 1. The lowest BCUT2D eigenvalue weighted by atomic mass is 9.94. The number of hydrogen-bond donors (Lipinski definition) is 1. The first-order valence-electron chi connectivity index (χ1n) is 12.8. The summed E-state index contributed by atoms with van der Waals surface area (Å²) in [5.41, 5.74) is 3.88. The van der Waals surface area contributed by atoms with Gasteiger partial charge in [0.15, 0.2) is 17.3 Å². The van der Waals surface area contributed by atoms with Crippen molar-refractivity contribution in [3.8, 4) is 11.5 Å². The van der Waals surface area contributed by atoms with E-state index in [0.717, 1.165) is 49.1 Å². The first kappa shape index (κ1) is 21.6. The van der Waals surface area contributed by atoms with E-state index in [1.54, 1.807) is 0 Å². The Kier molecular flexibility index (Phi) is 5.23. The summed E-state index contributed by atoms with van der Waals surface area (Å²) in [6.45, 7) is 1.74. The van der Waals surface area contributed by atoms with Gasteiger partial charge in [-0.05, 0) is 52.9 Å². The Bertz CT molecular complexity index is 1490. The van der Waals surface area contributed by atoms with E-state index in [2.05, 4.69) is 49.7 Å². The SMILES string of the molecule is O=c1[nH]c2cc3c(cc2cc1[C@@H](c1nnnn1C1CCCCC1)N1CCc2ccccc2C1)OCO3. The molecule has 2 aliphatic heterocycles. The van der Waals surface area contributed by atoms with Crippen molar-refractivity contribution in [2.45, 2.75) is 57.2 Å². The van der Waals surface area contributed by atoms with Crippen molar-refractivity contribution in [1.82, 2.24) is 30.1 Å². The number of nitrogens with zero attached hydrogens (tertiary/aromatic N) is 5. The Morgan fingerprint density at radius 2 is 1.81 bits per heavy atom. The highest BCUT2D eigenvalue weighted by atomic mass is 16.7. The van der Waals surface area contributed by atoms with Gasteiger partial charge in [0.1, 0.15) is 6.04 Å². The number of nitrogens with one attached hydrogen (secondary N) is 1. The van der Waals surface area contributed by atoms with Gasteiger partial charge >= 0.3 is 0 Å². The summed E-state index contributed by atoms with van der Waals surface area (Å²) in [7, 11) is 0. The van der Waals surface area contributed by atoms with E-state index in [1.165, 1.54) is 30.4 Å². The number of aromatic nitrogens is 5. The molecule has 0 amide bonds. The lowest BCUT2D eigenvalue weighted by molar-refractivity contribution is 0.174. The summed E-state index contributed by atoms with van der Waals surface area (Å²) in [5, 5.41) is 14.0. The van der Waals surface area contributed by atoms with Gasteiger partial charge in [-0.2, -0.15) is 0 Å². The van der Waals surface area contributed by atoms with Crippen LogP contribution in [0.2, 0.25) is 0 Å². The molecule has 36 heavy (non-hydrogen) atoms. The Balaban J connectivity index is 1.37. The number of tetrazole rings is 1. The van der Waals surface area contributed by atoms with E-state index in [9.17, 15) is 4.79 Å². The van der Waals surface area contributed by atoms with Crippen LogP contribution in [-0.4, -0.2) is 43.4 Å². The van der Waals surface area contributed by atoms with Gasteiger partial charge in [-0.3, -0.25) is 9.69 Å². The van der Waals surface area contributed by atoms with E-state index in [4.69, 9.17) is 9.47 Å². The monoisotopic (exact) mass is 484 g/mol. The molecule has 4 heterocycles. The molecular weight excluding hydrogens is 456 g/mol. The minimum absolute atomic E-state index is 0.136. The lowest BCUT2D eigenvalue weighted by Crippen LogP contribution is -2.39. The third-order valence-corrected chi connectivity index (χ3v) is 7.87. The number of H-pyrrole nitrogens is 1. The zero-order valence-electron chi connectivity index (χ0n) is 20.0. The normalized spacial score (nSPS) is 18.9. The highest BCUT2D eigenvalue weighted by Gasteiger charge is 2.34. The molecule has 1 saturated carbocycles. The number of ether oxygens (including phenoxy) is 2. The van der Waals surface area contributed by atoms with E-state index >= 15 is 0 Å². The van der Waals surface area contributed by atoms with Crippen LogP contribution in [0.5, 0.6) is 11.5 Å². The zero-order chi connectivity index (χ0) is 24.1. The summed E-state index contributed by atoms with van der Waals surface area (Å²) >= 11 is 0. The van der Waals surface area contributed by atoms with Gasteiger partial charge < -0.3 is 14.5 Å². The van der Waals surface area contributed by atoms with E-state index in [0.29, 0.717) is 17.1 Å². The summed E-state index contributed by atoms with van der Waals surface area (Å²) in [4.78, 5) is 19.0. The molecule has 0 unspecified atom stereocenters. The van der Waals surface area contributed by atoms with Gasteiger partial charge in [0.05, 0.1) is 11.6 Å². The largest absolute Gasteiger partial charge is 0.454 e. The van der Waals surface area contributed by atoms with Crippen LogP contribution in [0, 0.1) is 0 Å². The van der Waals surface area contributed by atoms with E-state index in [1.807, 2.05) is 22.9 Å². The maximum atomic E-state index is 13.6. The Morgan fingerprint density at radius 3 is 2.67 bits per heavy atom. The molecule has 1 atom stereocenters. The third-order valence-electron chi connectivity index (χ3n) is 7.87. The van der Waals surface area contributed by atoms with Crippen LogP contribution in [0.15, 0.2) is 47.3 Å². The van der Waals surface area contributed by atoms with Gasteiger partial charge in [0.25, 0.3) is 5.56 Å². The molecule has 1 aliphatic carbocycles. The number of hydrogen-bond acceptors (Lipinski definition) is 7.